The van der Waals surface area contributed by atoms with Gasteiger partial charge in [0.15, 0.2) is 0 Å². The molecule has 0 aromatic heterocycles. The number of anilines is 2. The molecule has 0 saturated heterocycles. The molecule has 0 aliphatic heterocycles. The van der Waals surface area contributed by atoms with E-state index in [0.29, 0.717) is 23.0 Å². The van der Waals surface area contributed by atoms with Crippen molar-refractivity contribution in [3.8, 4) is 5.75 Å². The van der Waals surface area contributed by atoms with Crippen LogP contribution in [0.3, 0.4) is 0 Å². The maximum absolute atomic E-state index is 13.7. The molecule has 0 heterocycles. The Morgan fingerprint density at radius 1 is 1.41 bits per heavy atom. The van der Waals surface area contributed by atoms with E-state index < -0.39 is 0 Å². The number of benzene rings is 1. The summed E-state index contributed by atoms with van der Waals surface area (Å²) in [5.74, 6) is 0.613. The summed E-state index contributed by atoms with van der Waals surface area (Å²) in [6.07, 6.45) is 1.04. The fourth-order valence-corrected chi connectivity index (χ4v) is 1.60. The van der Waals surface area contributed by atoms with Crippen molar-refractivity contribution in [1.82, 2.24) is 0 Å². The van der Waals surface area contributed by atoms with Gasteiger partial charge in [-0.15, -0.1) is 0 Å². The molecule has 0 fully saturated rings. The van der Waals surface area contributed by atoms with Crippen LogP contribution in [0.15, 0.2) is 12.1 Å². The van der Waals surface area contributed by atoms with E-state index in [0.717, 1.165) is 6.42 Å². The second kappa shape index (κ2) is 5.75. The van der Waals surface area contributed by atoms with Gasteiger partial charge >= 0.3 is 0 Å². The topological polar surface area (TPSA) is 47.3 Å². The normalized spacial score (nSPS) is 14.2. The van der Waals surface area contributed by atoms with Crippen LogP contribution in [0.4, 0.5) is 15.8 Å². The number of nitrogens with one attached hydrogen (secondary N) is 1. The third-order valence-electron chi connectivity index (χ3n) is 3.20. The zero-order chi connectivity index (χ0) is 13.0. The molecule has 0 radical (unpaired) electrons. The molecule has 96 valence electrons. The molecular weight excluding hydrogens is 219 g/mol. The Morgan fingerprint density at radius 2 is 2.06 bits per heavy atom. The van der Waals surface area contributed by atoms with Crippen molar-refractivity contribution in [3.63, 3.8) is 0 Å². The van der Waals surface area contributed by atoms with Crippen LogP contribution < -0.4 is 15.8 Å². The highest BCUT2D eigenvalue weighted by atomic mass is 19.1. The molecule has 2 unspecified atom stereocenters. The van der Waals surface area contributed by atoms with Gasteiger partial charge in [-0.2, -0.15) is 0 Å². The van der Waals surface area contributed by atoms with Gasteiger partial charge in [0, 0.05) is 18.2 Å². The summed E-state index contributed by atoms with van der Waals surface area (Å²) in [7, 11) is 1.52. The summed E-state index contributed by atoms with van der Waals surface area (Å²) in [6, 6.07) is 3.08. The van der Waals surface area contributed by atoms with E-state index in [1.54, 1.807) is 6.07 Å². The lowest BCUT2D eigenvalue weighted by Gasteiger charge is -2.22. The van der Waals surface area contributed by atoms with E-state index in [-0.39, 0.29) is 11.9 Å². The highest BCUT2D eigenvalue weighted by Crippen LogP contribution is 2.29. The highest BCUT2D eigenvalue weighted by Gasteiger charge is 2.14. The summed E-state index contributed by atoms with van der Waals surface area (Å²) < 4.78 is 18.8. The van der Waals surface area contributed by atoms with Crippen LogP contribution >= 0.6 is 0 Å². The zero-order valence-electron chi connectivity index (χ0n) is 10.9. The zero-order valence-corrected chi connectivity index (χ0v) is 10.9. The van der Waals surface area contributed by atoms with E-state index in [1.807, 2.05) is 6.92 Å². The van der Waals surface area contributed by atoms with E-state index in [2.05, 4.69) is 19.2 Å². The molecule has 1 aromatic carbocycles. The van der Waals surface area contributed by atoms with Gasteiger partial charge in [0.1, 0.15) is 11.6 Å². The summed E-state index contributed by atoms with van der Waals surface area (Å²) in [4.78, 5) is 0. The van der Waals surface area contributed by atoms with Crippen molar-refractivity contribution in [2.24, 2.45) is 5.92 Å². The Hall–Kier alpha value is -1.45. The Labute approximate surface area is 102 Å². The summed E-state index contributed by atoms with van der Waals surface area (Å²) in [5, 5.41) is 3.15. The lowest BCUT2D eigenvalue weighted by Crippen LogP contribution is -2.23. The van der Waals surface area contributed by atoms with E-state index >= 15 is 0 Å². The van der Waals surface area contributed by atoms with Crippen LogP contribution in [-0.4, -0.2) is 13.2 Å². The molecule has 2 atom stereocenters. The van der Waals surface area contributed by atoms with Crippen molar-refractivity contribution in [1.29, 1.82) is 0 Å². The number of methoxy groups -OCH3 is 1. The lowest BCUT2D eigenvalue weighted by molar-refractivity contribution is 0.416. The van der Waals surface area contributed by atoms with Crippen molar-refractivity contribution in [2.45, 2.75) is 33.2 Å². The molecule has 3 N–H and O–H groups in total. The number of rotatable bonds is 5. The molecule has 1 aromatic rings. The number of hydrogen-bond acceptors (Lipinski definition) is 3. The van der Waals surface area contributed by atoms with Crippen molar-refractivity contribution in [3.05, 3.63) is 17.9 Å². The second-order valence-corrected chi connectivity index (χ2v) is 4.39. The van der Waals surface area contributed by atoms with Gasteiger partial charge in [-0.3, -0.25) is 0 Å². The van der Waals surface area contributed by atoms with E-state index in [1.165, 1.54) is 13.2 Å². The Morgan fingerprint density at radius 3 is 2.59 bits per heavy atom. The molecule has 3 nitrogen and oxygen atoms in total. The van der Waals surface area contributed by atoms with Gasteiger partial charge in [0.2, 0.25) is 0 Å². The first-order valence-corrected chi connectivity index (χ1v) is 5.89. The second-order valence-electron chi connectivity index (χ2n) is 4.39. The lowest BCUT2D eigenvalue weighted by atomic mass is 10.0. The maximum Gasteiger partial charge on any atom is 0.148 e. The molecule has 0 aliphatic carbocycles. The number of nitrogen functional groups attached to an aromatic ring is 1. The predicted molar refractivity (Wildman–Crippen MR) is 69.9 cm³/mol. The van der Waals surface area contributed by atoms with Gasteiger partial charge in [-0.25, -0.2) is 4.39 Å². The van der Waals surface area contributed by atoms with Gasteiger partial charge in [0.05, 0.1) is 18.5 Å². The van der Waals surface area contributed by atoms with E-state index in [9.17, 15) is 4.39 Å². The first-order chi connectivity index (χ1) is 7.99. The highest BCUT2D eigenvalue weighted by molar-refractivity contribution is 5.62. The molecule has 4 heteroatoms. The number of nitrogens with two attached hydrogens (primary N) is 1. The number of hydrogen-bond donors (Lipinski definition) is 2. The van der Waals surface area contributed by atoms with Crippen molar-refractivity contribution >= 4 is 11.4 Å². The summed E-state index contributed by atoms with van der Waals surface area (Å²) in [6.45, 7) is 6.28. The third-order valence-corrected chi connectivity index (χ3v) is 3.20. The average Bonchev–Trinajstić information content (AvgIpc) is 2.31. The van der Waals surface area contributed by atoms with E-state index in [4.69, 9.17) is 10.5 Å². The number of halogens is 1. The molecule has 0 amide bonds. The quantitative estimate of drug-likeness (QED) is 0.776. The first-order valence-electron chi connectivity index (χ1n) is 5.89. The smallest absolute Gasteiger partial charge is 0.148 e. The van der Waals surface area contributed by atoms with Crippen LogP contribution in [0.1, 0.15) is 27.2 Å². The van der Waals surface area contributed by atoms with Crippen LogP contribution in [0.25, 0.3) is 0 Å². The van der Waals surface area contributed by atoms with Crippen molar-refractivity contribution < 1.29 is 9.13 Å². The Bertz CT molecular complexity index is 382. The average molecular weight is 240 g/mol. The van der Waals surface area contributed by atoms with Gasteiger partial charge in [0.25, 0.3) is 0 Å². The Balaban J connectivity index is 2.91. The molecule has 17 heavy (non-hydrogen) atoms. The molecule has 0 spiro atoms. The monoisotopic (exact) mass is 240 g/mol. The molecule has 0 saturated carbocycles. The minimum absolute atomic E-state index is 0.197. The first kappa shape index (κ1) is 13.6. The third kappa shape index (κ3) is 3.25. The Kier molecular flexibility index (Phi) is 4.61. The molecule has 0 bridgehead atoms. The minimum Gasteiger partial charge on any atom is -0.495 e. The predicted octanol–water partition coefficient (Wildman–Crippen LogP) is 3.26. The number of ether oxygens (including phenoxy) is 1. The van der Waals surface area contributed by atoms with Crippen LogP contribution in [0, 0.1) is 11.7 Å². The molecule has 0 aliphatic rings. The van der Waals surface area contributed by atoms with Crippen LogP contribution in [0.2, 0.25) is 0 Å². The van der Waals surface area contributed by atoms with Crippen molar-refractivity contribution in [2.75, 3.05) is 18.2 Å². The maximum atomic E-state index is 13.7. The van der Waals surface area contributed by atoms with Crippen LogP contribution in [0.5, 0.6) is 5.75 Å². The fraction of sp³-hybridized carbons (Fsp3) is 0.538. The van der Waals surface area contributed by atoms with Gasteiger partial charge in [-0.05, 0) is 12.8 Å². The van der Waals surface area contributed by atoms with Crippen LogP contribution in [-0.2, 0) is 0 Å². The fourth-order valence-electron chi connectivity index (χ4n) is 1.60. The summed E-state index contributed by atoms with van der Waals surface area (Å²) >= 11 is 0. The summed E-state index contributed by atoms with van der Waals surface area (Å²) in [5.41, 5.74) is 6.37. The molecular formula is C13H21FN2O. The SMILES string of the molecule is CCC(C)C(C)Nc1cc(OC)c(N)cc1F. The van der Waals surface area contributed by atoms with Gasteiger partial charge in [-0.1, -0.05) is 20.3 Å². The largest absolute Gasteiger partial charge is 0.495 e. The van der Waals surface area contributed by atoms with Gasteiger partial charge < -0.3 is 15.8 Å². The standard InChI is InChI=1S/C13H21FN2O/c1-5-8(2)9(3)16-12-7-13(17-4)11(15)6-10(12)14/h6-9,16H,5,15H2,1-4H3. The molecule has 1 rings (SSSR count). The minimum atomic E-state index is -0.349.